The first-order chi connectivity index (χ1) is 14.8. The fourth-order valence-corrected chi connectivity index (χ4v) is 8.43. The molecule has 0 amide bonds. The van der Waals surface area contributed by atoms with Crippen molar-refractivity contribution >= 4 is 17.5 Å². The molecule has 0 aromatic heterocycles. The molecule has 8 atom stereocenters. The van der Waals surface area contributed by atoms with Crippen LogP contribution in [0.5, 0.6) is 0 Å². The van der Waals surface area contributed by atoms with Gasteiger partial charge in [-0.05, 0) is 60.5 Å². The summed E-state index contributed by atoms with van der Waals surface area (Å²) in [5.41, 5.74) is -0.435. The number of carbonyl (C=O) groups is 3. The number of ketones is 2. The summed E-state index contributed by atoms with van der Waals surface area (Å²) < 4.78 is 5.27. The van der Waals surface area contributed by atoms with Crippen LogP contribution in [0.2, 0.25) is 0 Å². The van der Waals surface area contributed by atoms with Crippen molar-refractivity contribution in [1.82, 2.24) is 0 Å². The summed E-state index contributed by atoms with van der Waals surface area (Å²) in [6.07, 6.45) is 8.32. The number of aliphatic hydroxyl groups is 1. The zero-order valence-corrected chi connectivity index (χ0v) is 20.4. The van der Waals surface area contributed by atoms with Crippen molar-refractivity contribution < 1.29 is 24.2 Å². The van der Waals surface area contributed by atoms with Gasteiger partial charge >= 0.3 is 5.97 Å². The molecule has 5 heteroatoms. The monoisotopic (exact) mass is 442 g/mol. The number of carbonyl (C=O) groups excluding carboxylic acids is 3. The predicted octanol–water partition coefficient (Wildman–Crippen LogP) is 4.43. The average molecular weight is 443 g/mol. The molecule has 0 saturated heterocycles. The van der Waals surface area contributed by atoms with Crippen molar-refractivity contribution in [2.24, 2.45) is 39.4 Å². The van der Waals surface area contributed by atoms with Gasteiger partial charge in [0.1, 0.15) is 0 Å². The molecule has 176 valence electrons. The SMILES string of the molecule is CCC(=O)OCC(=O)[C@@]1(C)[C@@H](C)CC2(C)[C@@H]3CCC4=CC(=O)C=C[C@]4(C)C3[C@@H](O)C[C@@]21C. The molecule has 0 bridgehead atoms. The lowest BCUT2D eigenvalue weighted by Gasteiger charge is -2.64. The summed E-state index contributed by atoms with van der Waals surface area (Å²) in [5, 5.41) is 11.6. The molecule has 0 aliphatic heterocycles. The van der Waals surface area contributed by atoms with Gasteiger partial charge in [0.15, 0.2) is 18.2 Å². The van der Waals surface area contributed by atoms with Crippen LogP contribution in [0.3, 0.4) is 0 Å². The molecule has 0 radical (unpaired) electrons. The first kappa shape index (κ1) is 23.4. The van der Waals surface area contributed by atoms with Gasteiger partial charge in [-0.2, -0.15) is 0 Å². The molecule has 0 heterocycles. The Bertz CT molecular complexity index is 917. The normalized spacial score (nSPS) is 47.2. The molecular weight excluding hydrogens is 404 g/mol. The molecule has 0 aromatic carbocycles. The minimum atomic E-state index is -0.683. The maximum Gasteiger partial charge on any atom is 0.305 e. The van der Waals surface area contributed by atoms with Crippen LogP contribution in [0.4, 0.5) is 0 Å². The molecule has 2 unspecified atom stereocenters. The maximum atomic E-state index is 13.6. The quantitative estimate of drug-likeness (QED) is 0.652. The molecule has 1 N–H and O–H groups in total. The third-order valence-electron chi connectivity index (χ3n) is 10.7. The molecule has 3 fully saturated rings. The molecule has 5 nitrogen and oxygen atoms in total. The standard InChI is InChI=1S/C27H38O5/c1-7-22(31)32-15-21(30)27(6)16(2)13-25(4)19-9-8-17-12-18(28)10-11-24(17,3)23(19)20(29)14-26(25,27)5/h10-12,16,19-20,23,29H,7-9,13-15H2,1-6H3/t16-,19+,20-,23?,24-,25?,26-,27+/m0/s1. The zero-order valence-electron chi connectivity index (χ0n) is 20.4. The van der Waals surface area contributed by atoms with Crippen LogP contribution in [-0.2, 0) is 19.1 Å². The molecule has 4 rings (SSSR count). The second kappa shape index (κ2) is 7.38. The Morgan fingerprint density at radius 3 is 2.53 bits per heavy atom. The third-order valence-corrected chi connectivity index (χ3v) is 10.7. The van der Waals surface area contributed by atoms with E-state index in [1.807, 2.05) is 13.0 Å². The van der Waals surface area contributed by atoms with E-state index in [0.29, 0.717) is 6.42 Å². The van der Waals surface area contributed by atoms with E-state index in [4.69, 9.17) is 4.74 Å². The number of hydrogen-bond acceptors (Lipinski definition) is 5. The number of rotatable bonds is 4. The topological polar surface area (TPSA) is 80.7 Å². The number of fused-ring (bicyclic) bond motifs is 5. The van der Waals surface area contributed by atoms with Crippen LogP contribution < -0.4 is 0 Å². The molecule has 3 saturated carbocycles. The number of allylic oxidation sites excluding steroid dienone is 4. The Morgan fingerprint density at radius 2 is 1.88 bits per heavy atom. The van der Waals surface area contributed by atoms with Crippen LogP contribution >= 0.6 is 0 Å². The summed E-state index contributed by atoms with van der Waals surface area (Å²) in [6.45, 7) is 12.4. The van der Waals surface area contributed by atoms with Crippen LogP contribution in [0, 0.1) is 39.4 Å². The Kier molecular flexibility index (Phi) is 5.40. The lowest BCUT2D eigenvalue weighted by Crippen LogP contribution is -2.63. The Labute approximate surface area is 191 Å². The molecular formula is C27H38O5. The number of aliphatic hydroxyl groups excluding tert-OH is 1. The lowest BCUT2D eigenvalue weighted by molar-refractivity contribution is -0.185. The largest absolute Gasteiger partial charge is 0.458 e. The van der Waals surface area contributed by atoms with Crippen molar-refractivity contribution in [2.45, 2.75) is 79.8 Å². The van der Waals surface area contributed by atoms with E-state index in [0.717, 1.165) is 24.8 Å². The van der Waals surface area contributed by atoms with Crippen molar-refractivity contribution in [3.05, 3.63) is 23.8 Å². The van der Waals surface area contributed by atoms with Gasteiger partial charge in [0.25, 0.3) is 0 Å². The predicted molar refractivity (Wildman–Crippen MR) is 122 cm³/mol. The summed E-state index contributed by atoms with van der Waals surface area (Å²) in [7, 11) is 0. The van der Waals surface area contributed by atoms with Crippen molar-refractivity contribution in [3.8, 4) is 0 Å². The highest BCUT2D eigenvalue weighted by atomic mass is 16.5. The number of Topliss-reactive ketones (excluding diaryl/α,β-unsaturated/α-hetero) is 1. The average Bonchev–Trinajstić information content (AvgIpc) is 2.89. The van der Waals surface area contributed by atoms with Crippen molar-refractivity contribution in [2.75, 3.05) is 6.61 Å². The molecule has 4 aliphatic carbocycles. The van der Waals surface area contributed by atoms with Crippen LogP contribution in [0.25, 0.3) is 0 Å². The van der Waals surface area contributed by atoms with Gasteiger partial charge in [-0.1, -0.05) is 53.2 Å². The molecule has 0 spiro atoms. The van der Waals surface area contributed by atoms with Crippen LogP contribution in [-0.4, -0.2) is 35.4 Å². The van der Waals surface area contributed by atoms with Gasteiger partial charge in [-0.3, -0.25) is 14.4 Å². The molecule has 4 aliphatic rings. The number of esters is 1. The minimum Gasteiger partial charge on any atom is -0.458 e. The highest BCUT2D eigenvalue weighted by Crippen LogP contribution is 2.76. The second-order valence-corrected chi connectivity index (χ2v) is 11.6. The fraction of sp³-hybridized carbons (Fsp3) is 0.741. The van der Waals surface area contributed by atoms with E-state index < -0.39 is 16.9 Å². The molecule has 0 aromatic rings. The Hall–Kier alpha value is -1.75. The zero-order chi connectivity index (χ0) is 23.7. The van der Waals surface area contributed by atoms with E-state index in [-0.39, 0.29) is 59.1 Å². The number of hydrogen-bond donors (Lipinski definition) is 1. The third kappa shape index (κ3) is 2.82. The van der Waals surface area contributed by atoms with Gasteiger partial charge in [0.2, 0.25) is 0 Å². The van der Waals surface area contributed by atoms with E-state index >= 15 is 0 Å². The number of ether oxygens (including phenoxy) is 1. The highest BCUT2D eigenvalue weighted by molar-refractivity contribution is 6.01. The van der Waals surface area contributed by atoms with Gasteiger partial charge < -0.3 is 9.84 Å². The first-order valence-electron chi connectivity index (χ1n) is 12.2. The van der Waals surface area contributed by atoms with E-state index in [2.05, 4.69) is 27.7 Å². The fourth-order valence-electron chi connectivity index (χ4n) is 8.43. The highest BCUT2D eigenvalue weighted by Gasteiger charge is 2.73. The van der Waals surface area contributed by atoms with Gasteiger partial charge in [0, 0.05) is 23.2 Å². The molecule has 32 heavy (non-hydrogen) atoms. The summed E-state index contributed by atoms with van der Waals surface area (Å²) in [6, 6.07) is 0. The lowest BCUT2D eigenvalue weighted by atomic mass is 9.40. The Morgan fingerprint density at radius 1 is 1.19 bits per heavy atom. The second-order valence-electron chi connectivity index (χ2n) is 11.6. The van der Waals surface area contributed by atoms with Gasteiger partial charge in [-0.25, -0.2) is 0 Å². The smallest absolute Gasteiger partial charge is 0.305 e. The summed E-state index contributed by atoms with van der Waals surface area (Å²) >= 11 is 0. The maximum absolute atomic E-state index is 13.6. The van der Waals surface area contributed by atoms with E-state index in [1.54, 1.807) is 19.1 Å². The van der Waals surface area contributed by atoms with Crippen molar-refractivity contribution in [3.63, 3.8) is 0 Å². The summed E-state index contributed by atoms with van der Waals surface area (Å²) in [4.78, 5) is 37.3. The van der Waals surface area contributed by atoms with Crippen molar-refractivity contribution in [1.29, 1.82) is 0 Å². The summed E-state index contributed by atoms with van der Waals surface area (Å²) in [5.74, 6) is 0.0203. The minimum absolute atomic E-state index is 0.0208. The van der Waals surface area contributed by atoms with E-state index in [9.17, 15) is 19.5 Å². The first-order valence-corrected chi connectivity index (χ1v) is 12.2. The Balaban J connectivity index is 1.73. The van der Waals surface area contributed by atoms with Gasteiger partial charge in [0.05, 0.1) is 6.10 Å². The van der Waals surface area contributed by atoms with Crippen LogP contribution in [0.1, 0.15) is 73.6 Å². The van der Waals surface area contributed by atoms with E-state index in [1.165, 1.54) is 0 Å². The van der Waals surface area contributed by atoms with Crippen LogP contribution in [0.15, 0.2) is 23.8 Å². The van der Waals surface area contributed by atoms with Gasteiger partial charge in [-0.15, -0.1) is 0 Å².